The molecule has 8 N–H and O–H groups in total. The molecular formula is C100H136BrN17O22. The minimum atomic E-state index is -0.717. The number of nitrogens with zero attached hydrogens (tertiary/aromatic N) is 11. The Balaban J connectivity index is 0.000000185. The minimum Gasteiger partial charge on any atom is -0.444 e. The first-order valence-electron chi connectivity index (χ1n) is 48.4. The third-order valence-electron chi connectivity index (χ3n) is 25.1. The summed E-state index contributed by atoms with van der Waals surface area (Å²) in [6, 6.07) is 19.9. The number of piperidine rings is 8. The van der Waals surface area contributed by atoms with Gasteiger partial charge >= 0.3 is 41.0 Å². The molecule has 140 heavy (non-hydrogen) atoms. The van der Waals surface area contributed by atoms with Crippen molar-refractivity contribution in [1.82, 2.24) is 84.0 Å². The number of hydrogen-bond acceptors (Lipinski definition) is 24. The smallest absolute Gasteiger partial charge is 0.410 e. The van der Waals surface area contributed by atoms with E-state index < -0.39 is 64.6 Å². The fourth-order valence-electron chi connectivity index (χ4n) is 17.9. The number of imide groups is 4. The van der Waals surface area contributed by atoms with Crippen LogP contribution >= 0.6 is 15.9 Å². The molecule has 0 spiro atoms. The van der Waals surface area contributed by atoms with Gasteiger partial charge in [-0.1, -0.05) is 53.2 Å². The van der Waals surface area contributed by atoms with Crippen LogP contribution in [0, 0.1) is 24.2 Å². The van der Waals surface area contributed by atoms with Crippen molar-refractivity contribution in [2.24, 2.45) is 28.2 Å². The van der Waals surface area contributed by atoms with Crippen molar-refractivity contribution in [3.63, 3.8) is 0 Å². The van der Waals surface area contributed by atoms with E-state index >= 15 is 0 Å². The number of likely N-dealkylation sites (tertiary alicyclic amines) is 3. The van der Waals surface area contributed by atoms with Crippen LogP contribution in [0.5, 0.6) is 0 Å². The Kier molecular flexibility index (Phi) is 37.6. The van der Waals surface area contributed by atoms with Gasteiger partial charge in [-0.15, -0.1) is 6.42 Å². The summed E-state index contributed by atoms with van der Waals surface area (Å²) in [5.41, 5.74) is 6.13. The zero-order chi connectivity index (χ0) is 102. The molecule has 8 aliphatic rings. The van der Waals surface area contributed by atoms with Crippen LogP contribution in [0.4, 0.5) is 14.4 Å². The molecule has 8 aliphatic heterocycles. The Morgan fingerprint density at radius 1 is 0.400 bits per heavy atom. The van der Waals surface area contributed by atoms with E-state index in [0.29, 0.717) is 106 Å². The highest BCUT2D eigenvalue weighted by atomic mass is 79.9. The lowest BCUT2D eigenvalue weighted by atomic mass is 10.1. The van der Waals surface area contributed by atoms with Crippen LogP contribution < -0.4 is 55.5 Å². The lowest BCUT2D eigenvalue weighted by molar-refractivity contribution is -0.137. The zero-order valence-corrected chi connectivity index (χ0v) is 84.3. The Bertz CT molecular complexity index is 6230. The number of amides is 11. The van der Waals surface area contributed by atoms with Crippen LogP contribution in [-0.4, -0.2) is 237 Å². The van der Waals surface area contributed by atoms with Crippen LogP contribution in [0.25, 0.3) is 44.1 Å². The first-order chi connectivity index (χ1) is 66.5. The highest BCUT2D eigenvalue weighted by molar-refractivity contribution is 9.10. The van der Waals surface area contributed by atoms with Gasteiger partial charge in [0.15, 0.2) is 0 Å². The van der Waals surface area contributed by atoms with Gasteiger partial charge in [-0.05, 0) is 250 Å². The monoisotopic (exact) mass is 2010 g/mol. The molecule has 0 aliphatic carbocycles. The van der Waals surface area contributed by atoms with E-state index in [1.54, 1.807) is 70.2 Å². The highest BCUT2D eigenvalue weighted by Crippen LogP contribution is 2.32. The number of imidazole rings is 4. The fraction of sp³-hybridized carbons (Fsp3) is 0.570. The molecule has 0 saturated carbocycles. The summed E-state index contributed by atoms with van der Waals surface area (Å²) in [5.74, 6) is 5.63. The first-order valence-corrected chi connectivity index (χ1v) is 48.2. The minimum absolute atomic E-state index is 0. The number of rotatable bonds is 18. The lowest BCUT2D eigenvalue weighted by Gasteiger charge is -2.33. The van der Waals surface area contributed by atoms with Crippen molar-refractivity contribution in [2.75, 3.05) is 78.8 Å². The van der Waals surface area contributed by atoms with Crippen molar-refractivity contribution in [3.05, 3.63) is 136 Å². The van der Waals surface area contributed by atoms with Gasteiger partial charge in [0.25, 0.3) is 0 Å². The predicted octanol–water partition coefficient (Wildman–Crippen LogP) is 9.68. The summed E-state index contributed by atoms with van der Waals surface area (Å²) >= 11 is 3.37. The molecule has 0 bridgehead atoms. The number of carbonyl (C=O) groups is 11. The maximum Gasteiger partial charge on any atom is 0.410 e. The normalized spacial score (nSPS) is 19.2. The van der Waals surface area contributed by atoms with E-state index in [2.05, 4.69) is 60.3 Å². The summed E-state index contributed by atoms with van der Waals surface area (Å²) in [6.07, 6.45) is 17.5. The molecule has 8 aromatic rings. The lowest BCUT2D eigenvalue weighted by Crippen LogP contribution is -2.44. The predicted molar refractivity (Wildman–Crippen MR) is 528 cm³/mol. The number of benzene rings is 4. The molecule has 8 fully saturated rings. The molecule has 16 rings (SSSR count). The maximum absolute atomic E-state index is 12.9. The first kappa shape index (κ1) is 108. The Morgan fingerprint density at radius 2 is 0.693 bits per heavy atom. The van der Waals surface area contributed by atoms with Crippen LogP contribution in [0.1, 0.15) is 228 Å². The third kappa shape index (κ3) is 28.5. The second kappa shape index (κ2) is 48.7. The van der Waals surface area contributed by atoms with Crippen LogP contribution in [0.2, 0.25) is 0 Å². The third-order valence-corrected chi connectivity index (χ3v) is 25.5. The molecule has 0 radical (unpaired) electrons. The SMILES string of the molecule is C#CCOC1CCN(C(=O)OC(C)(C)C)CC1.Cn1c(=O)n(C2CCC(=O)NC2=O)c2ccc(Br)cc21.Cn1c(=O)n(C2CCC(=O)NC2=O)c2ccc(C#CCOC3CCN(C(=O)OC(C)(C)C)CC3)cc21.Cn1c(=O)n(C2CCC(=O)NC2=O)c2ccc(CCCOC3CCN(C(=O)OC(C)(C)C)CC3)cc21.Cn1c(=O)n(C2CCC(=O)NC2=O)c2ccc(CCCOC3CCNCC3)cc21.N.[3H]C. The number of aromatic nitrogens is 8. The van der Waals surface area contributed by atoms with Gasteiger partial charge < -0.3 is 59.3 Å². The number of terminal acetylenes is 1. The number of ether oxygens (including phenoxy) is 7. The summed E-state index contributed by atoms with van der Waals surface area (Å²) in [7, 11) is 7.98. The number of hydrogen-bond donors (Lipinski definition) is 6. The molecule has 4 aromatic heterocycles. The van der Waals surface area contributed by atoms with Crippen molar-refractivity contribution < 1.29 is 87.3 Å². The zero-order valence-electron chi connectivity index (χ0n) is 83.7. The van der Waals surface area contributed by atoms with Crippen molar-refractivity contribution >= 4 is 126 Å². The number of halogens is 1. The Morgan fingerprint density at radius 3 is 1.01 bits per heavy atom. The number of fused-ring (bicyclic) bond motifs is 4. The second-order valence-electron chi connectivity index (χ2n) is 38.7. The van der Waals surface area contributed by atoms with Crippen molar-refractivity contribution in [1.29, 1.82) is 0 Å². The second-order valence-corrected chi connectivity index (χ2v) is 39.6. The van der Waals surface area contributed by atoms with Crippen molar-refractivity contribution in [2.45, 2.75) is 264 Å². The molecule has 11 amide bonds. The van der Waals surface area contributed by atoms with E-state index in [-0.39, 0.29) is 121 Å². The van der Waals surface area contributed by atoms with Crippen molar-refractivity contribution in [3.8, 4) is 24.2 Å². The largest absolute Gasteiger partial charge is 0.444 e. The molecule has 39 nitrogen and oxygen atoms in total. The van der Waals surface area contributed by atoms with Crippen LogP contribution in [0.15, 0.2) is 96.4 Å². The Labute approximate surface area is 823 Å². The quantitative estimate of drug-likeness (QED) is 0.0201. The maximum atomic E-state index is 12.9. The average molecular weight is 2010 g/mol. The van der Waals surface area contributed by atoms with Gasteiger partial charge in [0.1, 0.15) is 54.2 Å². The van der Waals surface area contributed by atoms with Gasteiger partial charge in [0.2, 0.25) is 47.3 Å². The summed E-state index contributed by atoms with van der Waals surface area (Å²) < 4.78 is 58.2. The topological polar surface area (TPSA) is 465 Å². The molecule has 4 atom stereocenters. The van der Waals surface area contributed by atoms with Crippen LogP contribution in [-0.2, 0) is 113 Å². The van der Waals surface area contributed by atoms with E-state index in [1.807, 2.05) is 117 Å². The fourth-order valence-corrected chi connectivity index (χ4v) is 18.2. The van der Waals surface area contributed by atoms with E-state index in [0.717, 1.165) is 140 Å². The number of carbonyl (C=O) groups excluding carboxylic acids is 11. The van der Waals surface area contributed by atoms with Gasteiger partial charge in [-0.3, -0.25) is 96.2 Å². The average Bonchev–Trinajstić information content (AvgIpc) is 1.69. The molecular weight excluding hydrogens is 1870 g/mol. The van der Waals surface area contributed by atoms with Gasteiger partial charge in [0.05, 0.1) is 68.5 Å². The molecule has 8 saturated heterocycles. The molecule has 4 unspecified atom stereocenters. The van der Waals surface area contributed by atoms with Gasteiger partial charge in [-0.25, -0.2) is 33.6 Å². The molecule has 12 heterocycles. The van der Waals surface area contributed by atoms with E-state index in [4.69, 9.17) is 41.0 Å². The standard InChI is InChI=1S/C26H36N4O6.C26H32N4O6.C21H28N4O4.C13H12BrN3O3.C13H21NO3.CH4.H3N/c2*1-26(2,3)36-25(34)29-13-11-18(12-14-29)35-15-5-6-17-7-8-19-21(16-17)28(4)24(33)30(19)20-9-10-22(31)27-23(20)32;1-24-18-13-14(3-2-12-29-15-8-10-22-11-9-15)4-5-16(18)25(21(24)28)17-6-7-19(26)23-20(17)27;1-16-10-6-7(14)2-3-8(10)17(13(16)20)9-4-5-11(18)15-12(9)19;1-5-10-16-11-6-8-14(9-7-11)12(15)17-13(2,3)4;;/h7-8,16,18,20H,5-6,9-15H2,1-4H3,(H,27,31,32);7-8,16,18,20H,9-15H2,1-4H3,(H,27,31,32);4-5,13,15,17,22H,2-3,6-12H2,1H3,(H,23,26,27);2-3,6,9H,4-5H2,1H3,(H,15,18,19);1,11H,6-10H2,2-4H3;1H4;1H3/i;;;;;1T;. The van der Waals surface area contributed by atoms with Gasteiger partial charge in [0, 0.05) is 118 Å². The van der Waals surface area contributed by atoms with E-state index in [9.17, 15) is 71.9 Å². The summed E-state index contributed by atoms with van der Waals surface area (Å²) in [6.45, 7) is 24.5. The highest BCUT2D eigenvalue weighted by Gasteiger charge is 2.38. The molecule has 760 valence electrons. The number of aryl methyl sites for hydroxylation is 6. The Hall–Kier alpha value is -12.3. The molecule has 4 aromatic carbocycles. The molecule has 40 heteroatoms. The van der Waals surface area contributed by atoms with E-state index in [1.165, 1.54) is 34.8 Å². The summed E-state index contributed by atoms with van der Waals surface area (Å²) in [4.78, 5) is 187. The number of nitrogens with one attached hydrogen (secondary N) is 5. The van der Waals surface area contributed by atoms with Crippen LogP contribution in [0.3, 0.4) is 0 Å². The summed E-state index contributed by atoms with van der Waals surface area (Å²) in [5, 5.41) is 12.6. The van der Waals surface area contributed by atoms with Gasteiger partial charge in [-0.2, -0.15) is 0 Å².